The fraction of sp³-hybridized carbons (Fsp3) is 0.238. The van der Waals surface area contributed by atoms with Crippen molar-refractivity contribution in [2.45, 2.75) is 26.4 Å². The van der Waals surface area contributed by atoms with Gasteiger partial charge in [-0.3, -0.25) is 0 Å². The van der Waals surface area contributed by atoms with Gasteiger partial charge in [0.1, 0.15) is 17.7 Å². The molecule has 3 rings (SSSR count). The molecular weight excluding hydrogens is 472 g/mol. The maximum absolute atomic E-state index is 13.4. The molecule has 0 amide bonds. The van der Waals surface area contributed by atoms with Crippen molar-refractivity contribution in [1.29, 1.82) is 5.26 Å². The summed E-state index contributed by atoms with van der Waals surface area (Å²) in [5, 5.41) is 9.61. The van der Waals surface area contributed by atoms with Crippen molar-refractivity contribution in [3.8, 4) is 17.6 Å². The molecule has 0 aliphatic heterocycles. The summed E-state index contributed by atoms with van der Waals surface area (Å²) in [6.45, 7) is 4.06. The lowest BCUT2D eigenvalue weighted by atomic mass is 10.1. The Kier molecular flexibility index (Phi) is 6.19. The Balaban J connectivity index is 2.02. The van der Waals surface area contributed by atoms with Gasteiger partial charge in [-0.05, 0) is 77.9 Å². The molecule has 5 nitrogen and oxygen atoms in total. The Morgan fingerprint density at radius 1 is 1.39 bits per heavy atom. The molecule has 1 atom stereocenters. The van der Waals surface area contributed by atoms with Gasteiger partial charge in [0.25, 0.3) is 0 Å². The Bertz CT molecular complexity index is 1090. The molecule has 0 unspecified atom stereocenters. The van der Waals surface area contributed by atoms with Gasteiger partial charge in [-0.15, -0.1) is 0 Å². The van der Waals surface area contributed by atoms with E-state index in [-0.39, 0.29) is 11.9 Å². The number of nitrogens with one attached hydrogen (secondary N) is 1. The smallest absolute Gasteiger partial charge is 0.174 e. The summed E-state index contributed by atoms with van der Waals surface area (Å²) in [4.78, 5) is 7.38. The van der Waals surface area contributed by atoms with E-state index in [1.807, 2.05) is 19.1 Å². The molecule has 0 bridgehead atoms. The monoisotopic (exact) mass is 491 g/mol. The second kappa shape index (κ2) is 8.61. The number of allylic oxidation sites excluding steroid dienone is 1. The van der Waals surface area contributed by atoms with Crippen molar-refractivity contribution >= 4 is 45.3 Å². The fourth-order valence-corrected chi connectivity index (χ4v) is 3.40. The number of nitrogens with zero attached hydrogens (tertiary/aromatic N) is 2. The number of aromatic nitrogens is 2. The topological polar surface area (TPSA) is 70.9 Å². The van der Waals surface area contributed by atoms with Crippen LogP contribution in [0.1, 0.15) is 31.7 Å². The Labute approximate surface area is 176 Å². The van der Waals surface area contributed by atoms with E-state index in [0.29, 0.717) is 33.9 Å². The number of hydrogen-bond acceptors (Lipinski definition) is 4. The van der Waals surface area contributed by atoms with Crippen LogP contribution in [0.3, 0.4) is 0 Å². The van der Waals surface area contributed by atoms with Crippen LogP contribution in [0.15, 0.2) is 30.3 Å². The fourth-order valence-electron chi connectivity index (χ4n) is 2.65. The minimum atomic E-state index is -0.360. The highest BCUT2D eigenvalue weighted by Gasteiger charge is 2.15. The highest BCUT2D eigenvalue weighted by Crippen LogP contribution is 2.36. The van der Waals surface area contributed by atoms with Gasteiger partial charge in [-0.2, -0.15) is 5.26 Å². The zero-order valence-corrected chi connectivity index (χ0v) is 17.9. The first-order chi connectivity index (χ1) is 13.4. The van der Waals surface area contributed by atoms with Crippen LogP contribution in [-0.4, -0.2) is 23.2 Å². The highest BCUT2D eigenvalue weighted by molar-refractivity contribution is 14.1. The highest BCUT2D eigenvalue weighted by atomic mass is 127. The van der Waals surface area contributed by atoms with Gasteiger partial charge in [-0.1, -0.05) is 6.92 Å². The van der Waals surface area contributed by atoms with E-state index in [0.717, 1.165) is 15.6 Å². The van der Waals surface area contributed by atoms with Crippen LogP contribution >= 0.6 is 22.6 Å². The molecule has 2 aromatic carbocycles. The van der Waals surface area contributed by atoms with Gasteiger partial charge in [-0.25, -0.2) is 9.37 Å². The minimum Gasteiger partial charge on any atom is -0.493 e. The largest absolute Gasteiger partial charge is 0.493 e. The van der Waals surface area contributed by atoms with Gasteiger partial charge in [0.05, 0.1) is 33.4 Å². The average Bonchev–Trinajstić information content (AvgIpc) is 3.10. The number of imidazole rings is 1. The lowest BCUT2D eigenvalue weighted by Gasteiger charge is -2.17. The minimum absolute atomic E-state index is 0.0643. The number of aromatic amines is 1. The van der Waals surface area contributed by atoms with E-state index in [9.17, 15) is 9.65 Å². The molecule has 3 aromatic rings. The second-order valence-electron chi connectivity index (χ2n) is 6.29. The quantitative estimate of drug-likeness (QED) is 0.362. The molecule has 144 valence electrons. The maximum atomic E-state index is 13.4. The molecule has 1 N–H and O–H groups in total. The van der Waals surface area contributed by atoms with Gasteiger partial charge in [0.15, 0.2) is 11.5 Å². The van der Waals surface area contributed by atoms with Crippen LogP contribution in [0.25, 0.3) is 22.7 Å². The Morgan fingerprint density at radius 3 is 2.86 bits per heavy atom. The SMILES string of the molecule is CC[C@@H](C)Oc1c(I)cc(/C=C(/C#N)c2nc3ccc(F)cc3[nH]2)cc1OC. The van der Waals surface area contributed by atoms with Crippen LogP contribution in [0.2, 0.25) is 0 Å². The van der Waals surface area contributed by atoms with Crippen molar-refractivity contribution in [3.05, 3.63) is 51.1 Å². The van der Waals surface area contributed by atoms with Crippen LogP contribution in [0, 0.1) is 20.7 Å². The zero-order chi connectivity index (χ0) is 20.3. The zero-order valence-electron chi connectivity index (χ0n) is 15.7. The lowest BCUT2D eigenvalue weighted by Crippen LogP contribution is -2.11. The summed E-state index contributed by atoms with van der Waals surface area (Å²) in [5.41, 5.74) is 2.26. The van der Waals surface area contributed by atoms with Gasteiger partial charge >= 0.3 is 0 Å². The van der Waals surface area contributed by atoms with Crippen LogP contribution in [0.4, 0.5) is 4.39 Å². The first-order valence-corrected chi connectivity index (χ1v) is 9.84. The third kappa shape index (κ3) is 4.28. The molecule has 7 heteroatoms. The number of nitriles is 1. The summed E-state index contributed by atoms with van der Waals surface area (Å²) in [7, 11) is 1.58. The third-order valence-electron chi connectivity index (χ3n) is 4.28. The summed E-state index contributed by atoms with van der Waals surface area (Å²) in [6.07, 6.45) is 2.66. The summed E-state index contributed by atoms with van der Waals surface area (Å²) in [5.74, 6) is 1.31. The van der Waals surface area contributed by atoms with E-state index in [2.05, 4.69) is 45.6 Å². The van der Waals surface area contributed by atoms with Gasteiger partial charge < -0.3 is 14.5 Å². The molecule has 0 radical (unpaired) electrons. The Morgan fingerprint density at radius 2 is 2.18 bits per heavy atom. The molecule has 0 aliphatic rings. The van der Waals surface area contributed by atoms with Crippen LogP contribution < -0.4 is 9.47 Å². The normalized spacial score (nSPS) is 12.6. The number of ether oxygens (including phenoxy) is 2. The molecule has 0 aliphatic carbocycles. The lowest BCUT2D eigenvalue weighted by molar-refractivity contribution is 0.206. The van der Waals surface area contributed by atoms with Crippen molar-refractivity contribution < 1.29 is 13.9 Å². The van der Waals surface area contributed by atoms with E-state index in [1.54, 1.807) is 19.3 Å². The maximum Gasteiger partial charge on any atom is 0.174 e. The number of benzene rings is 2. The van der Waals surface area contributed by atoms with E-state index < -0.39 is 0 Å². The molecule has 28 heavy (non-hydrogen) atoms. The Hall–Kier alpha value is -2.60. The standard InChI is InChI=1S/C21H19FIN3O2/c1-4-12(2)28-20-16(23)8-13(9-19(20)27-3)7-14(11-24)21-25-17-6-5-15(22)10-18(17)26-21/h5-10,12H,4H2,1-3H3,(H,25,26)/b14-7-/t12-/m1/s1. The first-order valence-electron chi connectivity index (χ1n) is 8.76. The molecule has 0 saturated heterocycles. The van der Waals surface area contributed by atoms with Crippen LogP contribution in [0.5, 0.6) is 11.5 Å². The first kappa shape index (κ1) is 20.1. The average molecular weight is 491 g/mol. The number of H-pyrrole nitrogens is 1. The second-order valence-corrected chi connectivity index (χ2v) is 7.45. The number of rotatable bonds is 6. The van der Waals surface area contributed by atoms with Gasteiger partial charge in [0.2, 0.25) is 0 Å². The predicted molar refractivity (Wildman–Crippen MR) is 116 cm³/mol. The molecule has 0 fully saturated rings. The molecule has 1 heterocycles. The summed E-state index contributed by atoms with van der Waals surface area (Å²) < 4.78 is 25.7. The van der Waals surface area contributed by atoms with Crippen molar-refractivity contribution in [2.75, 3.05) is 7.11 Å². The summed E-state index contributed by atoms with van der Waals surface area (Å²) >= 11 is 2.19. The molecular formula is C21H19FIN3O2. The molecule has 0 saturated carbocycles. The van der Waals surface area contributed by atoms with Crippen LogP contribution in [-0.2, 0) is 0 Å². The van der Waals surface area contributed by atoms with Crippen molar-refractivity contribution in [1.82, 2.24) is 9.97 Å². The predicted octanol–water partition coefficient (Wildman–Crippen LogP) is 5.56. The van der Waals surface area contributed by atoms with E-state index >= 15 is 0 Å². The number of hydrogen-bond donors (Lipinski definition) is 1. The number of halogens is 2. The van der Waals surface area contributed by atoms with Gasteiger partial charge in [0, 0.05) is 0 Å². The summed E-state index contributed by atoms with van der Waals surface area (Å²) in [6, 6.07) is 10.2. The molecule has 0 spiro atoms. The number of fused-ring (bicyclic) bond motifs is 1. The van der Waals surface area contributed by atoms with E-state index in [4.69, 9.17) is 9.47 Å². The molecule has 1 aromatic heterocycles. The van der Waals surface area contributed by atoms with Crippen molar-refractivity contribution in [3.63, 3.8) is 0 Å². The van der Waals surface area contributed by atoms with Crippen molar-refractivity contribution in [2.24, 2.45) is 0 Å². The number of methoxy groups -OCH3 is 1. The third-order valence-corrected chi connectivity index (χ3v) is 5.08. The van der Waals surface area contributed by atoms with E-state index in [1.165, 1.54) is 12.1 Å².